The lowest BCUT2D eigenvalue weighted by molar-refractivity contribution is -0.185. The highest BCUT2D eigenvalue weighted by atomic mass is 16.6. The average molecular weight is 613 g/mol. The third-order valence-corrected chi connectivity index (χ3v) is 9.93. The number of likely N-dealkylation sites (tertiary alicyclic amines) is 1. The van der Waals surface area contributed by atoms with E-state index in [-0.39, 0.29) is 61.0 Å². The summed E-state index contributed by atoms with van der Waals surface area (Å²) < 4.78 is 12.1. The van der Waals surface area contributed by atoms with E-state index in [4.69, 9.17) is 20.9 Å². The Morgan fingerprint density at radius 1 is 1.27 bits per heavy atom. The minimum absolute atomic E-state index is 0.0282. The van der Waals surface area contributed by atoms with Crippen LogP contribution in [0.25, 0.3) is 0 Å². The number of benzene rings is 1. The predicted octanol–water partition coefficient (Wildman–Crippen LogP) is 0.768. The third kappa shape index (κ3) is 5.40. The number of likely N-dealkylation sites (N-methyl/N-ethyl adjacent to an activating group) is 1. The molecule has 44 heavy (non-hydrogen) atoms. The molecule has 0 unspecified atom stereocenters. The molecule has 2 aliphatic heterocycles. The molecule has 1 spiro atoms. The SMILES string of the molecule is CCC(=O)N[C@@H](CCCN=C(N)N)C(=O)CCCN(C)C(=O)Oc1ccc2c3c1O[C@H]1C(=O)CC[C@@]4(O)[C@@H](C2)N(C)CC[C@]314. The number of carbonyl (C=O) groups excluding carboxylic acids is 4. The number of rotatable bonds is 12. The van der Waals surface area contributed by atoms with Crippen molar-refractivity contribution in [3.8, 4) is 11.5 Å². The Morgan fingerprint density at radius 3 is 2.77 bits per heavy atom. The van der Waals surface area contributed by atoms with E-state index in [0.29, 0.717) is 50.8 Å². The zero-order valence-electron chi connectivity index (χ0n) is 25.8. The number of ether oxygens (including phenoxy) is 2. The summed E-state index contributed by atoms with van der Waals surface area (Å²) in [7, 11) is 3.60. The second kappa shape index (κ2) is 12.4. The van der Waals surface area contributed by atoms with Crippen molar-refractivity contribution < 1.29 is 33.8 Å². The zero-order valence-corrected chi connectivity index (χ0v) is 25.8. The number of nitrogens with one attached hydrogen (secondary N) is 1. The van der Waals surface area contributed by atoms with Crippen LogP contribution >= 0.6 is 0 Å². The molecule has 0 radical (unpaired) electrons. The van der Waals surface area contributed by atoms with Crippen molar-refractivity contribution >= 4 is 29.5 Å². The first-order valence-corrected chi connectivity index (χ1v) is 15.5. The Kier molecular flexibility index (Phi) is 8.90. The Balaban J connectivity index is 1.24. The van der Waals surface area contributed by atoms with Crippen molar-refractivity contribution in [1.29, 1.82) is 0 Å². The fourth-order valence-corrected chi connectivity index (χ4v) is 7.65. The topological polar surface area (TPSA) is 190 Å². The second-order valence-electron chi connectivity index (χ2n) is 12.5. The van der Waals surface area contributed by atoms with Crippen molar-refractivity contribution in [3.05, 3.63) is 23.3 Å². The number of nitrogens with two attached hydrogens (primary N) is 2. The molecule has 13 heteroatoms. The van der Waals surface area contributed by atoms with Crippen LogP contribution in [0, 0.1) is 0 Å². The molecular weight excluding hydrogens is 568 g/mol. The molecule has 2 amide bonds. The molecule has 13 nitrogen and oxygen atoms in total. The van der Waals surface area contributed by atoms with Gasteiger partial charge >= 0.3 is 6.09 Å². The van der Waals surface area contributed by atoms with Gasteiger partial charge in [-0.3, -0.25) is 19.4 Å². The lowest BCUT2D eigenvalue weighted by atomic mass is 9.49. The van der Waals surface area contributed by atoms with Crippen molar-refractivity contribution in [2.24, 2.45) is 16.5 Å². The largest absolute Gasteiger partial charge is 0.477 e. The summed E-state index contributed by atoms with van der Waals surface area (Å²) in [5.41, 5.74) is 10.6. The molecular formula is C31H44N6O7. The van der Waals surface area contributed by atoms with Gasteiger partial charge in [0.25, 0.3) is 0 Å². The number of Topliss-reactive ketones (excluding diaryl/α,β-unsaturated/α-hetero) is 2. The van der Waals surface area contributed by atoms with E-state index in [1.807, 2.05) is 13.1 Å². The van der Waals surface area contributed by atoms with Crippen LogP contribution in [0.1, 0.15) is 69.4 Å². The van der Waals surface area contributed by atoms with Gasteiger partial charge in [-0.15, -0.1) is 0 Å². The summed E-state index contributed by atoms with van der Waals surface area (Å²) in [6, 6.07) is 2.83. The number of aliphatic hydroxyl groups is 1. The van der Waals surface area contributed by atoms with Crippen molar-refractivity contribution in [3.63, 3.8) is 0 Å². The summed E-state index contributed by atoms with van der Waals surface area (Å²) in [5.74, 6) is 0.171. The first-order chi connectivity index (χ1) is 20.9. The molecule has 1 aromatic carbocycles. The fraction of sp³-hybridized carbons (Fsp3) is 0.645. The summed E-state index contributed by atoms with van der Waals surface area (Å²) in [5, 5.41) is 14.9. The van der Waals surface area contributed by atoms with E-state index in [1.54, 1.807) is 20.0 Å². The number of carbonyl (C=O) groups is 4. The molecule has 1 saturated heterocycles. The molecule has 2 fully saturated rings. The van der Waals surface area contributed by atoms with Gasteiger partial charge in [-0.05, 0) is 63.7 Å². The van der Waals surface area contributed by atoms with Gasteiger partial charge in [0.1, 0.15) is 0 Å². The van der Waals surface area contributed by atoms with Gasteiger partial charge < -0.3 is 41.2 Å². The standard InChI is InChI=1S/C31H44N6O7/c1-4-24(40)35-19(7-5-14-34-28(32)33)20(38)8-6-15-37(3)29(41)43-22-10-9-18-17-23-31(42)12-11-21(39)27-30(31,13-16-36(23)2)25(18)26(22)44-27/h9-10,19,23,27,42H,4-8,11-17H2,1-3H3,(H,35,40)(H4,32,33,34)/t19-,23+,27-,30-,31+/m0/s1. The van der Waals surface area contributed by atoms with Crippen LogP contribution in [-0.4, -0.2) is 102 Å². The van der Waals surface area contributed by atoms with Crippen LogP contribution < -0.4 is 26.3 Å². The molecule has 4 aliphatic rings. The number of amides is 2. The monoisotopic (exact) mass is 612 g/mol. The van der Waals surface area contributed by atoms with Gasteiger partial charge in [-0.1, -0.05) is 13.0 Å². The minimum atomic E-state index is -1.11. The predicted molar refractivity (Wildman–Crippen MR) is 161 cm³/mol. The van der Waals surface area contributed by atoms with E-state index in [2.05, 4.69) is 15.2 Å². The third-order valence-electron chi connectivity index (χ3n) is 9.93. The van der Waals surface area contributed by atoms with Crippen molar-refractivity contribution in [2.45, 2.75) is 93.9 Å². The lowest BCUT2D eigenvalue weighted by Gasteiger charge is -2.62. The van der Waals surface area contributed by atoms with E-state index < -0.39 is 29.3 Å². The van der Waals surface area contributed by atoms with Gasteiger partial charge in [0.15, 0.2) is 35.1 Å². The van der Waals surface area contributed by atoms with Crippen LogP contribution in [0.15, 0.2) is 17.1 Å². The normalized spacial score (nSPS) is 27.0. The zero-order chi connectivity index (χ0) is 31.8. The summed E-state index contributed by atoms with van der Waals surface area (Å²) in [4.78, 5) is 58.7. The van der Waals surface area contributed by atoms with Crippen LogP contribution in [-0.2, 0) is 26.2 Å². The summed E-state index contributed by atoms with van der Waals surface area (Å²) >= 11 is 0. The number of hydrogen-bond acceptors (Lipinski definition) is 9. The summed E-state index contributed by atoms with van der Waals surface area (Å²) in [6.45, 7) is 3.04. The number of ketones is 2. The molecule has 1 aromatic rings. The quantitative estimate of drug-likeness (QED) is 0.149. The second-order valence-corrected chi connectivity index (χ2v) is 12.5. The molecule has 2 aliphatic carbocycles. The Morgan fingerprint density at radius 2 is 2.05 bits per heavy atom. The van der Waals surface area contributed by atoms with E-state index >= 15 is 0 Å². The highest BCUT2D eigenvalue weighted by Crippen LogP contribution is 2.64. The highest BCUT2D eigenvalue weighted by molar-refractivity contribution is 5.90. The molecule has 0 aromatic heterocycles. The van der Waals surface area contributed by atoms with Gasteiger partial charge in [0.2, 0.25) is 5.91 Å². The van der Waals surface area contributed by atoms with Crippen molar-refractivity contribution in [2.75, 3.05) is 33.7 Å². The Bertz CT molecular complexity index is 1360. The van der Waals surface area contributed by atoms with Gasteiger partial charge in [-0.2, -0.15) is 0 Å². The van der Waals surface area contributed by atoms with Crippen LogP contribution in [0.4, 0.5) is 4.79 Å². The van der Waals surface area contributed by atoms with E-state index in [1.165, 1.54) is 4.90 Å². The maximum Gasteiger partial charge on any atom is 0.415 e. The van der Waals surface area contributed by atoms with E-state index in [0.717, 1.165) is 17.7 Å². The molecule has 2 bridgehead atoms. The first-order valence-electron chi connectivity index (χ1n) is 15.5. The molecule has 1 saturated carbocycles. The fourth-order valence-electron chi connectivity index (χ4n) is 7.65. The number of aliphatic imine (C=N–C) groups is 1. The highest BCUT2D eigenvalue weighted by Gasteiger charge is 2.72. The molecule has 240 valence electrons. The first kappa shape index (κ1) is 31.7. The average Bonchev–Trinajstić information content (AvgIpc) is 3.35. The van der Waals surface area contributed by atoms with Crippen LogP contribution in [0.5, 0.6) is 11.5 Å². The van der Waals surface area contributed by atoms with Crippen LogP contribution in [0.3, 0.4) is 0 Å². The van der Waals surface area contributed by atoms with Gasteiger partial charge in [-0.25, -0.2) is 4.79 Å². The van der Waals surface area contributed by atoms with E-state index in [9.17, 15) is 24.3 Å². The number of hydrogen-bond donors (Lipinski definition) is 4. The number of guanidine groups is 1. The Labute approximate surface area is 257 Å². The number of piperidine rings is 1. The van der Waals surface area contributed by atoms with Gasteiger partial charge in [0, 0.05) is 51.0 Å². The maximum absolute atomic E-state index is 13.2. The molecule has 6 N–H and O–H groups in total. The van der Waals surface area contributed by atoms with Gasteiger partial charge in [0.05, 0.1) is 17.1 Å². The maximum atomic E-state index is 13.2. The number of nitrogens with zero attached hydrogens (tertiary/aromatic N) is 3. The van der Waals surface area contributed by atoms with Crippen molar-refractivity contribution in [1.82, 2.24) is 15.1 Å². The van der Waals surface area contributed by atoms with Crippen LogP contribution in [0.2, 0.25) is 0 Å². The lowest BCUT2D eigenvalue weighted by Crippen LogP contribution is -2.76. The molecule has 5 rings (SSSR count). The molecule has 2 heterocycles. The molecule has 5 atom stereocenters. The Hall–Kier alpha value is -3.71. The smallest absolute Gasteiger partial charge is 0.415 e. The minimum Gasteiger partial charge on any atom is -0.477 e. The summed E-state index contributed by atoms with van der Waals surface area (Å²) in [6.07, 6.45) is 2.09.